The Hall–Kier alpha value is -2.15. The Bertz CT molecular complexity index is 849. The molecule has 10 nitrogen and oxygen atoms in total. The molecule has 2 aliphatic carbocycles. The number of nitrogens with zero attached hydrogens (tertiary/aromatic N) is 7. The van der Waals surface area contributed by atoms with E-state index in [1.807, 2.05) is 25.7 Å². The normalized spacial score (nSPS) is 23.8. The average molecular weight is 545 g/mol. The Labute approximate surface area is 235 Å². The van der Waals surface area contributed by atoms with Crippen molar-refractivity contribution in [3.05, 3.63) is 20.9 Å². The van der Waals surface area contributed by atoms with E-state index in [4.69, 9.17) is 15.8 Å². The third-order valence-corrected chi connectivity index (χ3v) is 9.85. The van der Waals surface area contributed by atoms with Gasteiger partial charge in [-0.05, 0) is 119 Å². The van der Waals surface area contributed by atoms with Gasteiger partial charge in [0, 0.05) is 36.0 Å². The molecule has 10 heteroatoms. The maximum atomic E-state index is 12.2. The summed E-state index contributed by atoms with van der Waals surface area (Å²) in [5.74, 6) is 1.43. The van der Waals surface area contributed by atoms with E-state index < -0.39 is 5.60 Å². The van der Waals surface area contributed by atoms with Crippen LogP contribution >= 0.6 is 0 Å². The number of hydrogen-bond acceptors (Lipinski definition) is 5. The molecule has 0 aromatic rings. The van der Waals surface area contributed by atoms with Crippen molar-refractivity contribution in [1.82, 2.24) is 10.2 Å². The number of piperidine rings is 2. The highest BCUT2D eigenvalue weighted by Gasteiger charge is 2.43. The van der Waals surface area contributed by atoms with Gasteiger partial charge in [0.05, 0.1) is 0 Å². The van der Waals surface area contributed by atoms with Gasteiger partial charge in [0.1, 0.15) is 5.60 Å². The number of ether oxygens (including phenoxy) is 1. The predicted octanol–water partition coefficient (Wildman–Crippen LogP) is 8.14. The van der Waals surface area contributed by atoms with Gasteiger partial charge in [0.15, 0.2) is 0 Å². The fraction of sp³-hybridized carbons (Fsp3) is 0.966. The van der Waals surface area contributed by atoms with Gasteiger partial charge in [-0.3, -0.25) is 0 Å². The molecule has 0 spiro atoms. The van der Waals surface area contributed by atoms with Crippen LogP contribution in [0.1, 0.15) is 111 Å². The number of hydrogen-bond donors (Lipinski definition) is 1. The van der Waals surface area contributed by atoms with Crippen LogP contribution in [0, 0.1) is 22.7 Å². The molecule has 2 saturated carbocycles. The second-order valence-corrected chi connectivity index (χ2v) is 13.4. The lowest BCUT2D eigenvalue weighted by molar-refractivity contribution is -0.00325. The maximum absolute atomic E-state index is 12.2. The molecule has 0 aromatic carbocycles. The minimum absolute atomic E-state index is 0.0746. The molecule has 4 aliphatic rings. The number of likely N-dealkylation sites (tertiary alicyclic amines) is 1. The number of carbonyl (C=O) groups is 1. The molecule has 1 N–H and O–H groups in total. The first kappa shape index (κ1) is 31.4. The highest BCUT2D eigenvalue weighted by atomic mass is 16.6. The van der Waals surface area contributed by atoms with E-state index in [0.717, 1.165) is 38.4 Å². The zero-order valence-electron chi connectivity index (χ0n) is 24.7. The molecule has 0 aromatic heterocycles. The first-order chi connectivity index (χ1) is 18.7. The van der Waals surface area contributed by atoms with Gasteiger partial charge in [-0.2, -0.15) is 0 Å². The molecule has 4 rings (SSSR count). The summed E-state index contributed by atoms with van der Waals surface area (Å²) in [5, 5.41) is 11.2. The smallest absolute Gasteiger partial charge is 0.410 e. The summed E-state index contributed by atoms with van der Waals surface area (Å²) in [7, 11) is 0. The Morgan fingerprint density at radius 2 is 1.26 bits per heavy atom. The van der Waals surface area contributed by atoms with Crippen LogP contribution in [0.15, 0.2) is 10.2 Å². The van der Waals surface area contributed by atoms with Gasteiger partial charge >= 0.3 is 6.09 Å². The molecular weight excluding hydrogens is 492 g/mol. The Morgan fingerprint density at radius 3 is 1.67 bits per heavy atom. The topological polar surface area (TPSA) is 139 Å². The molecule has 2 aliphatic heterocycles. The Balaban J connectivity index is 0.000000230. The molecule has 220 valence electrons. The summed E-state index contributed by atoms with van der Waals surface area (Å²) in [6.45, 7) is 10.5. The number of azide groups is 2. The van der Waals surface area contributed by atoms with Crippen molar-refractivity contribution >= 4 is 6.09 Å². The molecule has 2 heterocycles. The van der Waals surface area contributed by atoms with E-state index >= 15 is 0 Å². The molecule has 0 bridgehead atoms. The van der Waals surface area contributed by atoms with Crippen molar-refractivity contribution in [1.29, 1.82) is 0 Å². The van der Waals surface area contributed by atoms with Crippen LogP contribution in [-0.2, 0) is 4.74 Å². The molecule has 2 saturated heterocycles. The number of carbonyl (C=O) groups excluding carboxylic acids is 1. The lowest BCUT2D eigenvalue weighted by Gasteiger charge is -2.47. The molecule has 1 amide bonds. The van der Waals surface area contributed by atoms with Gasteiger partial charge in [-0.15, -0.1) is 0 Å². The van der Waals surface area contributed by atoms with Crippen LogP contribution in [0.5, 0.6) is 0 Å². The minimum atomic E-state index is -0.458. The first-order valence-corrected chi connectivity index (χ1v) is 15.4. The van der Waals surface area contributed by atoms with E-state index in [9.17, 15) is 4.79 Å². The van der Waals surface area contributed by atoms with Crippen molar-refractivity contribution in [2.45, 2.75) is 116 Å². The van der Waals surface area contributed by atoms with E-state index in [-0.39, 0.29) is 11.5 Å². The van der Waals surface area contributed by atoms with E-state index in [2.05, 4.69) is 25.4 Å². The summed E-state index contributed by atoms with van der Waals surface area (Å²) in [6, 6.07) is 0. The summed E-state index contributed by atoms with van der Waals surface area (Å²) < 4.78 is 5.48. The lowest BCUT2D eigenvalue weighted by Crippen LogP contribution is -2.49. The van der Waals surface area contributed by atoms with Gasteiger partial charge in [0.25, 0.3) is 0 Å². The molecule has 39 heavy (non-hydrogen) atoms. The van der Waals surface area contributed by atoms with Crippen LogP contribution in [0.2, 0.25) is 0 Å². The second kappa shape index (κ2) is 15.0. The standard InChI is InChI=1S/C17H30N4O2.C12H22N4/c1-16(2,3)23-15(22)21-11-9-17(10-12-21,13-19-20-18)14-7-5-4-6-8-14;13-16-15-10-12(6-8-14-9-7-12)11-4-2-1-3-5-11/h14H,4-13H2,1-3H3;11,14H,1-10H2. The molecule has 0 atom stereocenters. The van der Waals surface area contributed by atoms with Crippen molar-refractivity contribution in [3.63, 3.8) is 0 Å². The van der Waals surface area contributed by atoms with Crippen molar-refractivity contribution in [2.24, 2.45) is 32.9 Å². The lowest BCUT2D eigenvalue weighted by atomic mass is 9.64. The number of amides is 1. The summed E-state index contributed by atoms with van der Waals surface area (Å²) in [6.07, 6.45) is 17.1. The Morgan fingerprint density at radius 1 is 0.821 bits per heavy atom. The SMILES string of the molecule is CC(C)(C)OC(=O)N1CCC(CN=[N+]=[N-])(C2CCCCC2)CC1.[N-]=[N+]=NCC1(C2CCCCC2)CCNCC1. The van der Waals surface area contributed by atoms with Gasteiger partial charge < -0.3 is 15.0 Å². The number of rotatable bonds is 6. The molecule has 0 radical (unpaired) electrons. The predicted molar refractivity (Wildman–Crippen MR) is 155 cm³/mol. The van der Waals surface area contributed by atoms with E-state index in [1.165, 1.54) is 77.0 Å². The van der Waals surface area contributed by atoms with Gasteiger partial charge in [-0.1, -0.05) is 48.8 Å². The second-order valence-electron chi connectivity index (χ2n) is 13.4. The van der Waals surface area contributed by atoms with Crippen molar-refractivity contribution in [2.75, 3.05) is 39.3 Å². The summed E-state index contributed by atoms with van der Waals surface area (Å²) >= 11 is 0. The summed E-state index contributed by atoms with van der Waals surface area (Å²) in [5.41, 5.74) is 17.2. The van der Waals surface area contributed by atoms with Gasteiger partial charge in [-0.25, -0.2) is 4.79 Å². The fourth-order valence-electron chi connectivity index (χ4n) is 7.55. The zero-order valence-corrected chi connectivity index (χ0v) is 24.7. The van der Waals surface area contributed by atoms with Crippen LogP contribution < -0.4 is 5.32 Å². The molecule has 4 fully saturated rings. The maximum Gasteiger partial charge on any atom is 0.410 e. The zero-order chi connectivity index (χ0) is 28.2. The Kier molecular flexibility index (Phi) is 12.1. The summed E-state index contributed by atoms with van der Waals surface area (Å²) in [4.78, 5) is 20.0. The van der Waals surface area contributed by atoms with Crippen molar-refractivity contribution < 1.29 is 9.53 Å². The molecule has 0 unspecified atom stereocenters. The monoisotopic (exact) mass is 544 g/mol. The van der Waals surface area contributed by atoms with E-state index in [1.54, 1.807) is 0 Å². The average Bonchev–Trinajstić information content (AvgIpc) is 2.96. The third kappa shape index (κ3) is 9.19. The quantitative estimate of drug-likeness (QED) is 0.205. The van der Waals surface area contributed by atoms with Crippen molar-refractivity contribution in [3.8, 4) is 0 Å². The third-order valence-electron chi connectivity index (χ3n) is 9.85. The first-order valence-electron chi connectivity index (χ1n) is 15.4. The minimum Gasteiger partial charge on any atom is -0.444 e. The van der Waals surface area contributed by atoms with Crippen LogP contribution in [-0.4, -0.2) is 55.9 Å². The largest absolute Gasteiger partial charge is 0.444 e. The van der Waals surface area contributed by atoms with Crippen LogP contribution in [0.3, 0.4) is 0 Å². The van der Waals surface area contributed by atoms with Crippen LogP contribution in [0.4, 0.5) is 4.79 Å². The molecular formula is C29H52N8O2. The van der Waals surface area contributed by atoms with Crippen LogP contribution in [0.25, 0.3) is 20.9 Å². The fourth-order valence-corrected chi connectivity index (χ4v) is 7.55. The highest BCUT2D eigenvalue weighted by Crippen LogP contribution is 2.47. The van der Waals surface area contributed by atoms with E-state index in [0.29, 0.717) is 31.0 Å². The van der Waals surface area contributed by atoms with Gasteiger partial charge in [0.2, 0.25) is 0 Å². The highest BCUT2D eigenvalue weighted by molar-refractivity contribution is 5.68. The number of nitrogens with one attached hydrogen (secondary N) is 1.